The summed E-state index contributed by atoms with van der Waals surface area (Å²) in [5.74, 6) is 0.804. The van der Waals surface area contributed by atoms with Gasteiger partial charge >= 0.3 is 0 Å². The minimum atomic E-state index is 0.658. The van der Waals surface area contributed by atoms with E-state index >= 15 is 0 Å². The van der Waals surface area contributed by atoms with Gasteiger partial charge in [-0.2, -0.15) is 0 Å². The summed E-state index contributed by atoms with van der Waals surface area (Å²) in [6.45, 7) is 0.658. The summed E-state index contributed by atoms with van der Waals surface area (Å²) >= 11 is 13.0. The van der Waals surface area contributed by atoms with E-state index < -0.39 is 0 Å². The van der Waals surface area contributed by atoms with Crippen LogP contribution in [0.5, 0.6) is 5.75 Å². The van der Waals surface area contributed by atoms with Crippen LogP contribution in [0.3, 0.4) is 0 Å². The van der Waals surface area contributed by atoms with Crippen molar-refractivity contribution in [1.29, 1.82) is 0 Å². The molecule has 1 N–H and O–H groups in total. The highest BCUT2D eigenvalue weighted by Crippen LogP contribution is 2.26. The molecule has 2 aromatic rings. The van der Waals surface area contributed by atoms with Crippen LogP contribution in [-0.4, -0.2) is 7.11 Å². The summed E-state index contributed by atoms with van der Waals surface area (Å²) in [6, 6.07) is 11.7. The van der Waals surface area contributed by atoms with E-state index in [1.54, 1.807) is 7.11 Å². The summed E-state index contributed by atoms with van der Waals surface area (Å²) in [5.41, 5.74) is 2.02. The maximum absolute atomic E-state index is 6.18. The summed E-state index contributed by atoms with van der Waals surface area (Å²) in [6.07, 6.45) is 0. The number of ether oxygens (including phenoxy) is 1. The Morgan fingerprint density at radius 3 is 2.58 bits per heavy atom. The van der Waals surface area contributed by atoms with Crippen LogP contribution in [0, 0.1) is 0 Å². The molecule has 0 heterocycles. The van der Waals surface area contributed by atoms with Gasteiger partial charge in [0.2, 0.25) is 0 Å². The Balaban J connectivity index is 2.12. The Bertz CT molecular complexity index is 590. The first kappa shape index (κ1) is 14.7. The van der Waals surface area contributed by atoms with E-state index in [-0.39, 0.29) is 0 Å². The second kappa shape index (κ2) is 6.64. The third-order valence-electron chi connectivity index (χ3n) is 2.61. The summed E-state index contributed by atoms with van der Waals surface area (Å²) in [4.78, 5) is 0. The van der Waals surface area contributed by atoms with Crippen molar-refractivity contribution < 1.29 is 4.74 Å². The maximum Gasteiger partial charge on any atom is 0.122 e. The maximum atomic E-state index is 6.18. The van der Waals surface area contributed by atoms with Crippen molar-refractivity contribution in [2.24, 2.45) is 0 Å². The Kier molecular flexibility index (Phi) is 5.13. The number of anilines is 1. The van der Waals surface area contributed by atoms with E-state index in [1.807, 2.05) is 36.4 Å². The zero-order valence-electron chi connectivity index (χ0n) is 10.2. The zero-order valence-corrected chi connectivity index (χ0v) is 14.1. The SMILES string of the molecule is COc1cc(Br)cc(NCc2ccc(Br)cc2Cl)c1. The molecule has 0 amide bonds. The van der Waals surface area contributed by atoms with Crippen molar-refractivity contribution in [3.63, 3.8) is 0 Å². The minimum absolute atomic E-state index is 0.658. The smallest absolute Gasteiger partial charge is 0.122 e. The highest BCUT2D eigenvalue weighted by Gasteiger charge is 2.03. The quantitative estimate of drug-likeness (QED) is 0.727. The molecule has 19 heavy (non-hydrogen) atoms. The number of rotatable bonds is 4. The van der Waals surface area contributed by atoms with Gasteiger partial charge in [-0.15, -0.1) is 0 Å². The largest absolute Gasteiger partial charge is 0.497 e. The average molecular weight is 406 g/mol. The van der Waals surface area contributed by atoms with Crippen LogP contribution in [-0.2, 0) is 6.54 Å². The monoisotopic (exact) mass is 403 g/mol. The molecule has 0 bridgehead atoms. The van der Waals surface area contributed by atoms with Gasteiger partial charge < -0.3 is 10.1 Å². The molecule has 0 unspecified atom stereocenters. The predicted octanol–water partition coefficient (Wildman–Crippen LogP) is 5.49. The molecule has 2 aromatic carbocycles. The normalized spacial score (nSPS) is 10.3. The first-order valence-electron chi connectivity index (χ1n) is 5.61. The highest BCUT2D eigenvalue weighted by atomic mass is 79.9. The molecule has 0 aliphatic heterocycles. The molecule has 0 fully saturated rings. The van der Waals surface area contributed by atoms with Crippen LogP contribution in [0.15, 0.2) is 45.3 Å². The van der Waals surface area contributed by atoms with E-state index in [0.29, 0.717) is 6.54 Å². The van der Waals surface area contributed by atoms with Gasteiger partial charge in [0.1, 0.15) is 5.75 Å². The first-order valence-corrected chi connectivity index (χ1v) is 7.57. The Morgan fingerprint density at radius 1 is 1.11 bits per heavy atom. The van der Waals surface area contributed by atoms with Gasteiger partial charge in [-0.05, 0) is 29.8 Å². The summed E-state index contributed by atoms with van der Waals surface area (Å²) in [5, 5.41) is 4.07. The lowest BCUT2D eigenvalue weighted by Crippen LogP contribution is -2.00. The molecule has 0 radical (unpaired) electrons. The number of nitrogens with one attached hydrogen (secondary N) is 1. The third-order valence-corrected chi connectivity index (χ3v) is 3.91. The number of halogens is 3. The Labute approximate surface area is 134 Å². The molecule has 0 aliphatic rings. The second-order valence-corrected chi connectivity index (χ2v) is 6.21. The van der Waals surface area contributed by atoms with Gasteiger partial charge in [-0.1, -0.05) is 49.5 Å². The number of hydrogen-bond acceptors (Lipinski definition) is 2. The topological polar surface area (TPSA) is 21.3 Å². The van der Waals surface area contributed by atoms with E-state index in [2.05, 4.69) is 37.2 Å². The van der Waals surface area contributed by atoms with Gasteiger partial charge in [0.15, 0.2) is 0 Å². The van der Waals surface area contributed by atoms with Gasteiger partial charge in [-0.3, -0.25) is 0 Å². The fourth-order valence-electron chi connectivity index (χ4n) is 1.64. The van der Waals surface area contributed by atoms with Crippen LogP contribution in [0.4, 0.5) is 5.69 Å². The van der Waals surface area contributed by atoms with Gasteiger partial charge in [-0.25, -0.2) is 0 Å². The zero-order chi connectivity index (χ0) is 13.8. The van der Waals surface area contributed by atoms with Crippen molar-refractivity contribution in [3.8, 4) is 5.75 Å². The van der Waals surface area contributed by atoms with Crippen LogP contribution in [0.1, 0.15) is 5.56 Å². The molecule has 5 heteroatoms. The van der Waals surface area contributed by atoms with Gasteiger partial charge in [0, 0.05) is 32.3 Å². The average Bonchev–Trinajstić information content (AvgIpc) is 2.37. The molecule has 0 aliphatic carbocycles. The van der Waals surface area contributed by atoms with E-state index in [1.165, 1.54) is 0 Å². The van der Waals surface area contributed by atoms with Crippen LogP contribution in [0.25, 0.3) is 0 Å². The molecule has 0 saturated carbocycles. The van der Waals surface area contributed by atoms with E-state index in [4.69, 9.17) is 16.3 Å². The number of methoxy groups -OCH3 is 1. The molecule has 100 valence electrons. The third kappa shape index (κ3) is 4.13. The fourth-order valence-corrected chi connectivity index (χ4v) is 2.86. The molecule has 0 saturated heterocycles. The predicted molar refractivity (Wildman–Crippen MR) is 87.2 cm³/mol. The molecule has 2 nitrogen and oxygen atoms in total. The fraction of sp³-hybridized carbons (Fsp3) is 0.143. The van der Waals surface area contributed by atoms with Crippen molar-refractivity contribution in [3.05, 3.63) is 55.9 Å². The van der Waals surface area contributed by atoms with Crippen LogP contribution < -0.4 is 10.1 Å². The number of benzene rings is 2. The molecule has 2 rings (SSSR count). The lowest BCUT2D eigenvalue weighted by atomic mass is 10.2. The molecular weight excluding hydrogens is 393 g/mol. The van der Waals surface area contributed by atoms with Gasteiger partial charge in [0.25, 0.3) is 0 Å². The molecule has 0 aromatic heterocycles. The highest BCUT2D eigenvalue weighted by molar-refractivity contribution is 9.10. The first-order chi connectivity index (χ1) is 9.08. The molecule has 0 atom stereocenters. The van der Waals surface area contributed by atoms with Crippen molar-refractivity contribution in [2.45, 2.75) is 6.54 Å². The number of hydrogen-bond donors (Lipinski definition) is 1. The lowest BCUT2D eigenvalue weighted by molar-refractivity contribution is 0.414. The summed E-state index contributed by atoms with van der Waals surface area (Å²) in [7, 11) is 1.65. The molecular formula is C14H12Br2ClNO. The van der Waals surface area contributed by atoms with Crippen molar-refractivity contribution >= 4 is 49.1 Å². The van der Waals surface area contributed by atoms with Crippen molar-refractivity contribution in [1.82, 2.24) is 0 Å². The van der Waals surface area contributed by atoms with E-state index in [9.17, 15) is 0 Å². The summed E-state index contributed by atoms with van der Waals surface area (Å²) < 4.78 is 7.17. The van der Waals surface area contributed by atoms with E-state index in [0.717, 1.165) is 31.0 Å². The minimum Gasteiger partial charge on any atom is -0.497 e. The second-order valence-electron chi connectivity index (χ2n) is 3.97. The van der Waals surface area contributed by atoms with Gasteiger partial charge in [0.05, 0.1) is 7.11 Å². The molecule has 0 spiro atoms. The Morgan fingerprint density at radius 2 is 1.89 bits per heavy atom. The van der Waals surface area contributed by atoms with Crippen LogP contribution in [0.2, 0.25) is 5.02 Å². The van der Waals surface area contributed by atoms with Crippen LogP contribution >= 0.6 is 43.5 Å². The van der Waals surface area contributed by atoms with Crippen molar-refractivity contribution in [2.75, 3.05) is 12.4 Å². The standard InChI is InChI=1S/C14H12Br2ClNO/c1-19-13-5-11(16)4-12(7-13)18-8-9-2-3-10(15)6-14(9)17/h2-7,18H,8H2,1H3. The Hall–Kier alpha value is -0.710. The lowest BCUT2D eigenvalue weighted by Gasteiger charge is -2.10.